The van der Waals surface area contributed by atoms with Crippen molar-refractivity contribution >= 4 is 12.0 Å². The second-order valence-electron chi connectivity index (χ2n) is 5.32. The van der Waals surface area contributed by atoms with Crippen LogP contribution in [0.2, 0.25) is 0 Å². The van der Waals surface area contributed by atoms with E-state index in [1.807, 2.05) is 13.8 Å². The van der Waals surface area contributed by atoms with Gasteiger partial charge in [0.25, 0.3) is 0 Å². The van der Waals surface area contributed by atoms with Crippen molar-refractivity contribution in [2.24, 2.45) is 5.41 Å². The maximum Gasteiger partial charge on any atom is 0.317 e. The third-order valence-corrected chi connectivity index (χ3v) is 4.05. The van der Waals surface area contributed by atoms with Gasteiger partial charge in [0.1, 0.15) is 5.41 Å². The lowest BCUT2D eigenvalue weighted by molar-refractivity contribution is -0.148. The van der Waals surface area contributed by atoms with E-state index in [0.717, 1.165) is 12.8 Å². The van der Waals surface area contributed by atoms with Crippen LogP contribution in [0, 0.1) is 5.41 Å². The highest BCUT2D eigenvalue weighted by Crippen LogP contribution is 2.28. The molecular weight excluding hydrogens is 248 g/mol. The molecule has 1 saturated heterocycles. The van der Waals surface area contributed by atoms with E-state index in [1.54, 1.807) is 18.9 Å². The number of carboxylic acid groups (broad SMARTS) is 1. The van der Waals surface area contributed by atoms with E-state index in [4.69, 9.17) is 4.74 Å². The highest BCUT2D eigenvalue weighted by Gasteiger charge is 2.47. The fourth-order valence-corrected chi connectivity index (χ4v) is 2.34. The zero-order valence-corrected chi connectivity index (χ0v) is 12.1. The molecule has 1 heterocycles. The number of urea groups is 1. The van der Waals surface area contributed by atoms with Gasteiger partial charge in [-0.05, 0) is 19.8 Å². The molecule has 0 bridgehead atoms. The highest BCUT2D eigenvalue weighted by molar-refractivity contribution is 5.79. The third-order valence-electron chi connectivity index (χ3n) is 4.05. The number of aliphatic carboxylic acids is 1. The van der Waals surface area contributed by atoms with Crippen molar-refractivity contribution in [3.05, 3.63) is 0 Å². The van der Waals surface area contributed by atoms with Crippen molar-refractivity contribution in [3.63, 3.8) is 0 Å². The Morgan fingerprint density at radius 3 is 2.53 bits per heavy atom. The Morgan fingerprint density at radius 2 is 2.05 bits per heavy atom. The number of ether oxygens (including phenoxy) is 1. The molecule has 19 heavy (non-hydrogen) atoms. The highest BCUT2D eigenvalue weighted by atomic mass is 16.5. The summed E-state index contributed by atoms with van der Waals surface area (Å²) in [6.45, 7) is 6.02. The minimum absolute atomic E-state index is 0.127. The summed E-state index contributed by atoms with van der Waals surface area (Å²) >= 11 is 0. The molecule has 1 rings (SSSR count). The van der Waals surface area contributed by atoms with Crippen LogP contribution in [0.25, 0.3) is 0 Å². The summed E-state index contributed by atoms with van der Waals surface area (Å²) in [6, 6.07) is -0.565. The van der Waals surface area contributed by atoms with Gasteiger partial charge in [-0.2, -0.15) is 0 Å². The van der Waals surface area contributed by atoms with Gasteiger partial charge >= 0.3 is 12.0 Å². The number of rotatable bonds is 5. The van der Waals surface area contributed by atoms with E-state index < -0.39 is 17.4 Å². The van der Waals surface area contributed by atoms with E-state index >= 15 is 0 Å². The first-order valence-corrected chi connectivity index (χ1v) is 6.71. The number of carboxylic acids is 1. The lowest BCUT2D eigenvalue weighted by atomic mass is 9.85. The topological polar surface area (TPSA) is 78.9 Å². The summed E-state index contributed by atoms with van der Waals surface area (Å²) in [6.07, 6.45) is 1.75. The number of amides is 2. The smallest absolute Gasteiger partial charge is 0.317 e. The Morgan fingerprint density at radius 1 is 1.47 bits per heavy atom. The second-order valence-corrected chi connectivity index (χ2v) is 5.32. The average Bonchev–Trinajstić information content (AvgIpc) is 2.73. The number of hydrogen-bond donors (Lipinski definition) is 2. The fourth-order valence-electron chi connectivity index (χ4n) is 2.34. The molecule has 0 aromatic carbocycles. The quantitative estimate of drug-likeness (QED) is 0.791. The molecule has 2 amide bonds. The standard InChI is InChI=1S/C13H24N2O4/c1-5-9(6-2)15(4)12(18)14-10-7-19-8-13(10,3)11(16)17/h9-10H,5-8H2,1-4H3,(H,14,18)(H,16,17). The van der Waals surface area contributed by atoms with E-state index in [2.05, 4.69) is 5.32 Å². The summed E-state index contributed by atoms with van der Waals surface area (Å²) in [5, 5.41) is 12.0. The second kappa shape index (κ2) is 6.23. The predicted molar refractivity (Wildman–Crippen MR) is 71.0 cm³/mol. The normalized spacial score (nSPS) is 26.5. The molecule has 0 aromatic rings. The monoisotopic (exact) mass is 272 g/mol. The molecule has 2 atom stereocenters. The molecule has 110 valence electrons. The maximum absolute atomic E-state index is 12.1. The molecule has 0 saturated carbocycles. The molecule has 1 fully saturated rings. The van der Waals surface area contributed by atoms with Crippen molar-refractivity contribution in [1.29, 1.82) is 0 Å². The van der Waals surface area contributed by atoms with Gasteiger partial charge in [-0.15, -0.1) is 0 Å². The van der Waals surface area contributed by atoms with Crippen molar-refractivity contribution < 1.29 is 19.4 Å². The molecule has 2 N–H and O–H groups in total. The minimum Gasteiger partial charge on any atom is -0.481 e. The first-order chi connectivity index (χ1) is 8.86. The molecule has 2 unspecified atom stereocenters. The molecule has 0 aromatic heterocycles. The molecule has 1 aliphatic heterocycles. The molecular formula is C13H24N2O4. The Kier molecular flexibility index (Phi) is 5.17. The fraction of sp³-hybridized carbons (Fsp3) is 0.846. The van der Waals surface area contributed by atoms with E-state index in [1.165, 1.54) is 0 Å². The lowest BCUT2D eigenvalue weighted by Gasteiger charge is -2.31. The maximum atomic E-state index is 12.1. The number of nitrogens with one attached hydrogen (secondary N) is 1. The van der Waals surface area contributed by atoms with Crippen LogP contribution in [-0.2, 0) is 9.53 Å². The van der Waals surface area contributed by atoms with Gasteiger partial charge in [0.15, 0.2) is 0 Å². The summed E-state index contributed by atoms with van der Waals surface area (Å²) in [5.74, 6) is -0.944. The average molecular weight is 272 g/mol. The van der Waals surface area contributed by atoms with Crippen LogP contribution in [-0.4, -0.2) is 54.4 Å². The molecule has 6 nitrogen and oxygen atoms in total. The van der Waals surface area contributed by atoms with Crippen LogP contribution >= 0.6 is 0 Å². The summed E-state index contributed by atoms with van der Waals surface area (Å²) in [5.41, 5.74) is -1.05. The SMILES string of the molecule is CCC(CC)N(C)C(=O)NC1COCC1(C)C(=O)O. The third kappa shape index (κ3) is 3.18. The van der Waals surface area contributed by atoms with Crippen LogP contribution in [0.3, 0.4) is 0 Å². The van der Waals surface area contributed by atoms with Gasteiger partial charge in [-0.3, -0.25) is 4.79 Å². The van der Waals surface area contributed by atoms with Crippen LogP contribution < -0.4 is 5.32 Å². The summed E-state index contributed by atoms with van der Waals surface area (Å²) in [7, 11) is 1.74. The van der Waals surface area contributed by atoms with E-state index in [0.29, 0.717) is 0 Å². The summed E-state index contributed by atoms with van der Waals surface area (Å²) in [4.78, 5) is 25.1. The van der Waals surface area contributed by atoms with Gasteiger partial charge in [0, 0.05) is 13.1 Å². The Hall–Kier alpha value is -1.30. The van der Waals surface area contributed by atoms with Crippen molar-refractivity contribution in [2.45, 2.75) is 45.7 Å². The molecule has 0 radical (unpaired) electrons. The zero-order chi connectivity index (χ0) is 14.6. The minimum atomic E-state index is -1.05. The van der Waals surface area contributed by atoms with Gasteiger partial charge in [0.2, 0.25) is 0 Å². The van der Waals surface area contributed by atoms with Crippen LogP contribution in [0.5, 0.6) is 0 Å². The van der Waals surface area contributed by atoms with Crippen molar-refractivity contribution in [3.8, 4) is 0 Å². The Labute approximate surface area is 114 Å². The predicted octanol–water partition coefficient (Wildman–Crippen LogP) is 1.31. The number of carbonyl (C=O) groups excluding carboxylic acids is 1. The summed E-state index contributed by atoms with van der Waals surface area (Å²) < 4.78 is 5.21. The first kappa shape index (κ1) is 15.8. The van der Waals surface area contributed by atoms with Gasteiger partial charge in [-0.1, -0.05) is 13.8 Å². The van der Waals surface area contributed by atoms with Gasteiger partial charge in [-0.25, -0.2) is 4.79 Å². The number of hydrogen-bond acceptors (Lipinski definition) is 3. The largest absolute Gasteiger partial charge is 0.481 e. The van der Waals surface area contributed by atoms with Crippen molar-refractivity contribution in [1.82, 2.24) is 10.2 Å². The Bertz CT molecular complexity index is 344. The first-order valence-electron chi connectivity index (χ1n) is 6.71. The van der Waals surface area contributed by atoms with Crippen LogP contribution in [0.4, 0.5) is 4.79 Å². The Balaban J connectivity index is 2.69. The van der Waals surface area contributed by atoms with Gasteiger partial charge < -0.3 is 20.1 Å². The number of nitrogens with zero attached hydrogens (tertiary/aromatic N) is 1. The molecule has 6 heteroatoms. The number of carbonyl (C=O) groups is 2. The van der Waals surface area contributed by atoms with E-state index in [-0.39, 0.29) is 25.3 Å². The van der Waals surface area contributed by atoms with Crippen molar-refractivity contribution in [2.75, 3.05) is 20.3 Å². The molecule has 0 spiro atoms. The van der Waals surface area contributed by atoms with E-state index in [9.17, 15) is 14.7 Å². The lowest BCUT2D eigenvalue weighted by Crippen LogP contribution is -2.54. The van der Waals surface area contributed by atoms with Crippen LogP contribution in [0.15, 0.2) is 0 Å². The van der Waals surface area contributed by atoms with Gasteiger partial charge in [0.05, 0.1) is 19.3 Å². The zero-order valence-electron chi connectivity index (χ0n) is 12.1. The van der Waals surface area contributed by atoms with Crippen LogP contribution in [0.1, 0.15) is 33.6 Å². The molecule has 0 aliphatic carbocycles. The molecule has 1 aliphatic rings.